The van der Waals surface area contributed by atoms with Crippen molar-refractivity contribution in [2.24, 2.45) is 5.92 Å². The van der Waals surface area contributed by atoms with Crippen molar-refractivity contribution in [3.8, 4) is 11.1 Å². The molecule has 0 saturated heterocycles. The monoisotopic (exact) mass is 577 g/mol. The number of aryl methyl sites for hydroxylation is 1. The van der Waals surface area contributed by atoms with Crippen molar-refractivity contribution in [1.29, 1.82) is 0 Å². The number of benzene rings is 2. The molecule has 0 aromatic heterocycles. The summed E-state index contributed by atoms with van der Waals surface area (Å²) >= 11 is 0. The lowest BCUT2D eigenvalue weighted by Crippen LogP contribution is -2.47. The average Bonchev–Trinajstić information content (AvgIpc) is 2.91. The number of carbonyl (C=O) groups is 4. The number of rotatable bonds is 10. The van der Waals surface area contributed by atoms with E-state index in [-0.39, 0.29) is 30.0 Å². The van der Waals surface area contributed by atoms with Gasteiger partial charge in [0, 0.05) is 36.0 Å². The van der Waals surface area contributed by atoms with Gasteiger partial charge >= 0.3 is 12.2 Å². The number of carbonyl (C=O) groups excluding carboxylic acids is 3. The first-order valence-corrected chi connectivity index (χ1v) is 15.0. The molecule has 0 atom stereocenters. The van der Waals surface area contributed by atoms with Gasteiger partial charge in [-0.3, -0.25) is 9.69 Å². The van der Waals surface area contributed by atoms with E-state index in [0.717, 1.165) is 23.0 Å². The smallest absolute Gasteiger partial charge is 0.412 e. The van der Waals surface area contributed by atoms with E-state index in [1.807, 2.05) is 69.3 Å². The molecular weight excluding hydrogens is 534 g/mol. The number of hydrogen-bond acceptors (Lipinski definition) is 5. The molecule has 2 saturated carbocycles. The lowest BCUT2D eigenvalue weighted by molar-refractivity contribution is -0.124. The van der Waals surface area contributed by atoms with Gasteiger partial charge in [0.1, 0.15) is 11.9 Å². The summed E-state index contributed by atoms with van der Waals surface area (Å²) in [5.41, 5.74) is 2.78. The Kier molecular flexibility index (Phi) is 10.2. The topological polar surface area (TPSA) is 125 Å². The van der Waals surface area contributed by atoms with Crippen molar-refractivity contribution in [3.05, 3.63) is 54.1 Å². The number of nitrogens with zero attached hydrogens (tertiary/aromatic N) is 1. The van der Waals surface area contributed by atoms with Crippen molar-refractivity contribution in [2.75, 3.05) is 4.90 Å². The van der Waals surface area contributed by atoms with Gasteiger partial charge in [-0.25, -0.2) is 9.59 Å². The minimum absolute atomic E-state index is 0.0191. The van der Waals surface area contributed by atoms with Crippen LogP contribution in [0.1, 0.15) is 77.7 Å². The van der Waals surface area contributed by atoms with Crippen LogP contribution < -0.4 is 15.5 Å². The third-order valence-electron chi connectivity index (χ3n) is 8.00. The molecule has 0 radical (unpaired) electrons. The molecule has 0 spiro atoms. The molecular formula is C33H43N3O6. The van der Waals surface area contributed by atoms with Crippen LogP contribution in [0.15, 0.2) is 48.5 Å². The number of aldehydes is 1. The maximum atomic E-state index is 12.8. The Labute approximate surface area is 248 Å². The average molecular weight is 578 g/mol. The molecule has 0 heterocycles. The highest BCUT2D eigenvalue weighted by Crippen LogP contribution is 2.37. The molecule has 9 nitrogen and oxygen atoms in total. The summed E-state index contributed by atoms with van der Waals surface area (Å²) in [5, 5.41) is 16.4. The SMILES string of the molecule is CC(C)(C)OC(=O)N[C@H]1CC[C@H](N(C(=O)O)c2cc(CCCC(=O)N[C@H]3C[C@H](C=O)C3)ccc2-c2ccccc2)CC1. The van der Waals surface area contributed by atoms with Gasteiger partial charge < -0.3 is 25.3 Å². The Hall–Kier alpha value is -3.88. The van der Waals surface area contributed by atoms with E-state index in [1.165, 1.54) is 4.90 Å². The summed E-state index contributed by atoms with van der Waals surface area (Å²) in [6.07, 6.45) is 5.07. The predicted octanol–water partition coefficient (Wildman–Crippen LogP) is 6.09. The van der Waals surface area contributed by atoms with Gasteiger partial charge in [-0.2, -0.15) is 0 Å². The van der Waals surface area contributed by atoms with Crippen molar-refractivity contribution in [1.82, 2.24) is 10.6 Å². The molecule has 226 valence electrons. The van der Waals surface area contributed by atoms with E-state index in [0.29, 0.717) is 63.5 Å². The van der Waals surface area contributed by atoms with Crippen LogP contribution in [0.5, 0.6) is 0 Å². The van der Waals surface area contributed by atoms with E-state index >= 15 is 0 Å². The zero-order valence-corrected chi connectivity index (χ0v) is 24.8. The number of anilines is 1. The van der Waals surface area contributed by atoms with E-state index in [1.54, 1.807) is 0 Å². The van der Waals surface area contributed by atoms with Gasteiger partial charge in [-0.15, -0.1) is 0 Å². The zero-order chi connectivity index (χ0) is 30.3. The van der Waals surface area contributed by atoms with Crippen LogP contribution in [0.2, 0.25) is 0 Å². The number of amides is 3. The highest BCUT2D eigenvalue weighted by Gasteiger charge is 2.33. The fraction of sp³-hybridized carbons (Fsp3) is 0.515. The fourth-order valence-corrected chi connectivity index (χ4v) is 5.85. The molecule has 2 aliphatic rings. The van der Waals surface area contributed by atoms with Gasteiger partial charge in [0.25, 0.3) is 0 Å². The van der Waals surface area contributed by atoms with Gasteiger partial charge in [0.2, 0.25) is 5.91 Å². The summed E-state index contributed by atoms with van der Waals surface area (Å²) in [4.78, 5) is 49.7. The molecule has 2 aliphatic carbocycles. The summed E-state index contributed by atoms with van der Waals surface area (Å²) in [7, 11) is 0. The Morgan fingerprint density at radius 1 is 0.976 bits per heavy atom. The van der Waals surface area contributed by atoms with Crippen molar-refractivity contribution >= 4 is 30.1 Å². The second-order valence-electron chi connectivity index (χ2n) is 12.5. The van der Waals surface area contributed by atoms with E-state index < -0.39 is 17.8 Å². The molecule has 3 N–H and O–H groups in total. The standard InChI is InChI=1S/C33H43N3O6/c1-33(2,3)42-31(39)35-25-13-15-27(16-14-25)36(32(40)41)29-20-22(12-17-28(29)24-9-5-4-6-10-24)8-7-11-30(38)34-26-18-23(19-26)21-37/h4-6,9-10,12,17,20-21,23,25-27H,7-8,11,13-16,18-19H2,1-3H3,(H,34,38)(H,35,39)(H,40,41)/t23-,25-,26-,27-. The lowest BCUT2D eigenvalue weighted by atomic mass is 9.81. The maximum Gasteiger partial charge on any atom is 0.412 e. The van der Waals surface area contributed by atoms with Crippen molar-refractivity contribution in [2.45, 2.75) is 102 Å². The summed E-state index contributed by atoms with van der Waals surface area (Å²) in [6.45, 7) is 5.46. The fourth-order valence-electron chi connectivity index (χ4n) is 5.85. The van der Waals surface area contributed by atoms with E-state index in [2.05, 4.69) is 10.6 Å². The number of alkyl carbamates (subject to hydrolysis) is 1. The van der Waals surface area contributed by atoms with Gasteiger partial charge in [0.05, 0.1) is 5.69 Å². The number of ether oxygens (including phenoxy) is 1. The van der Waals surface area contributed by atoms with Crippen LogP contribution >= 0.6 is 0 Å². The Morgan fingerprint density at radius 3 is 2.29 bits per heavy atom. The first-order valence-electron chi connectivity index (χ1n) is 15.0. The first kappa shape index (κ1) is 31.1. The summed E-state index contributed by atoms with van der Waals surface area (Å²) in [5.74, 6) is 0.0414. The number of nitrogens with one attached hydrogen (secondary N) is 2. The lowest BCUT2D eigenvalue weighted by Gasteiger charge is -2.36. The van der Waals surface area contributed by atoms with E-state index in [4.69, 9.17) is 4.74 Å². The molecule has 4 rings (SSSR count). The third-order valence-corrected chi connectivity index (χ3v) is 8.00. The molecule has 2 aromatic carbocycles. The molecule has 0 unspecified atom stereocenters. The highest BCUT2D eigenvalue weighted by molar-refractivity contribution is 5.93. The van der Waals surface area contributed by atoms with Gasteiger partial charge in [0.15, 0.2) is 0 Å². The number of carboxylic acid groups (broad SMARTS) is 1. The molecule has 9 heteroatoms. The predicted molar refractivity (Wildman–Crippen MR) is 161 cm³/mol. The quantitative estimate of drug-likeness (QED) is 0.294. The van der Waals surface area contributed by atoms with Crippen LogP contribution in [0.4, 0.5) is 15.3 Å². The highest BCUT2D eigenvalue weighted by atomic mass is 16.6. The molecule has 2 aromatic rings. The Balaban J connectivity index is 1.45. The van der Waals surface area contributed by atoms with Crippen LogP contribution in [0.3, 0.4) is 0 Å². The molecule has 3 amide bonds. The van der Waals surface area contributed by atoms with Crippen LogP contribution in [-0.4, -0.2) is 53.2 Å². The normalized spacial score (nSPS) is 21.9. The van der Waals surface area contributed by atoms with Gasteiger partial charge in [-0.05, 0) is 89.3 Å². The first-order chi connectivity index (χ1) is 20.0. The molecule has 42 heavy (non-hydrogen) atoms. The Morgan fingerprint density at radius 2 is 1.67 bits per heavy atom. The van der Waals surface area contributed by atoms with Crippen molar-refractivity contribution < 1.29 is 29.0 Å². The van der Waals surface area contributed by atoms with Crippen molar-refractivity contribution in [3.63, 3.8) is 0 Å². The number of hydrogen-bond donors (Lipinski definition) is 3. The van der Waals surface area contributed by atoms with Crippen LogP contribution in [0, 0.1) is 5.92 Å². The zero-order valence-electron chi connectivity index (χ0n) is 24.8. The summed E-state index contributed by atoms with van der Waals surface area (Å²) < 4.78 is 5.39. The second-order valence-corrected chi connectivity index (χ2v) is 12.5. The summed E-state index contributed by atoms with van der Waals surface area (Å²) in [6, 6.07) is 15.4. The largest absolute Gasteiger partial charge is 0.465 e. The Bertz CT molecular complexity index is 1240. The second kappa shape index (κ2) is 13.9. The molecule has 0 aliphatic heterocycles. The van der Waals surface area contributed by atoms with Crippen LogP contribution in [-0.2, 0) is 20.7 Å². The molecule has 0 bridgehead atoms. The third kappa shape index (κ3) is 8.57. The minimum Gasteiger partial charge on any atom is -0.465 e. The van der Waals surface area contributed by atoms with Crippen LogP contribution in [0.25, 0.3) is 11.1 Å². The minimum atomic E-state index is -1.01. The maximum absolute atomic E-state index is 12.8. The van der Waals surface area contributed by atoms with E-state index in [9.17, 15) is 24.3 Å². The molecule has 2 fully saturated rings. The van der Waals surface area contributed by atoms with Gasteiger partial charge in [-0.1, -0.05) is 42.5 Å².